The van der Waals surface area contributed by atoms with Gasteiger partial charge in [-0.3, -0.25) is 0 Å². The van der Waals surface area contributed by atoms with Crippen molar-refractivity contribution in [2.24, 2.45) is 7.05 Å². The Balaban J connectivity index is 2.57. The fourth-order valence-corrected chi connectivity index (χ4v) is 2.69. The molecule has 1 aromatic heterocycles. The van der Waals surface area contributed by atoms with Crippen molar-refractivity contribution >= 4 is 10.9 Å². The average molecular weight is 215 g/mol. The number of benzene rings is 1. The van der Waals surface area contributed by atoms with Gasteiger partial charge < -0.3 is 4.57 Å². The van der Waals surface area contributed by atoms with Crippen LogP contribution in [-0.4, -0.2) is 4.57 Å². The van der Waals surface area contributed by atoms with Gasteiger partial charge in [0.1, 0.15) is 0 Å². The Kier molecular flexibility index (Phi) is 2.79. The minimum Gasteiger partial charge on any atom is -0.347 e. The lowest BCUT2D eigenvalue weighted by molar-refractivity contribution is 0.447. The van der Waals surface area contributed by atoms with E-state index in [-0.39, 0.29) is 5.41 Å². The SMILES string of the molecule is CCCC(C)(C)c1cc2ccccc2n1C. The van der Waals surface area contributed by atoms with Gasteiger partial charge in [-0.25, -0.2) is 0 Å². The van der Waals surface area contributed by atoms with Crippen LogP contribution in [0.1, 0.15) is 39.3 Å². The van der Waals surface area contributed by atoms with Crippen LogP contribution < -0.4 is 0 Å². The van der Waals surface area contributed by atoms with Crippen molar-refractivity contribution in [3.05, 3.63) is 36.0 Å². The lowest BCUT2D eigenvalue weighted by atomic mass is 9.84. The van der Waals surface area contributed by atoms with Crippen LogP contribution in [0.5, 0.6) is 0 Å². The molecule has 0 radical (unpaired) electrons. The molecular formula is C15H21N. The van der Waals surface area contributed by atoms with Gasteiger partial charge in [0.15, 0.2) is 0 Å². The number of hydrogen-bond donors (Lipinski definition) is 0. The van der Waals surface area contributed by atoms with Crippen LogP contribution in [0.3, 0.4) is 0 Å². The van der Waals surface area contributed by atoms with Gasteiger partial charge in [0.2, 0.25) is 0 Å². The molecule has 0 fully saturated rings. The summed E-state index contributed by atoms with van der Waals surface area (Å²) >= 11 is 0. The summed E-state index contributed by atoms with van der Waals surface area (Å²) in [6.45, 7) is 6.93. The van der Waals surface area contributed by atoms with Gasteiger partial charge >= 0.3 is 0 Å². The number of para-hydroxylation sites is 1. The molecule has 0 aliphatic rings. The Morgan fingerprint density at radius 2 is 1.88 bits per heavy atom. The van der Waals surface area contributed by atoms with E-state index in [9.17, 15) is 0 Å². The van der Waals surface area contributed by atoms with Gasteiger partial charge in [0.05, 0.1) is 0 Å². The van der Waals surface area contributed by atoms with Crippen LogP contribution in [0, 0.1) is 0 Å². The predicted molar refractivity (Wildman–Crippen MR) is 70.9 cm³/mol. The summed E-state index contributed by atoms with van der Waals surface area (Å²) in [4.78, 5) is 0. The van der Waals surface area contributed by atoms with Crippen molar-refractivity contribution in [3.63, 3.8) is 0 Å². The molecule has 0 bridgehead atoms. The first-order valence-corrected chi connectivity index (χ1v) is 6.11. The zero-order valence-electron chi connectivity index (χ0n) is 10.7. The molecule has 16 heavy (non-hydrogen) atoms. The maximum absolute atomic E-state index is 2.34. The van der Waals surface area contributed by atoms with Crippen LogP contribution in [0.25, 0.3) is 10.9 Å². The summed E-state index contributed by atoms with van der Waals surface area (Å²) in [6, 6.07) is 10.9. The van der Waals surface area contributed by atoms with Crippen LogP contribution in [0.4, 0.5) is 0 Å². The van der Waals surface area contributed by atoms with Crippen molar-refractivity contribution in [2.75, 3.05) is 0 Å². The highest BCUT2D eigenvalue weighted by molar-refractivity contribution is 5.81. The molecular weight excluding hydrogens is 194 g/mol. The molecule has 1 aromatic carbocycles. The maximum Gasteiger partial charge on any atom is 0.0480 e. The van der Waals surface area contributed by atoms with Crippen molar-refractivity contribution in [2.45, 2.75) is 39.0 Å². The predicted octanol–water partition coefficient (Wildman–Crippen LogP) is 4.26. The third-order valence-corrected chi connectivity index (χ3v) is 3.52. The Labute approximate surface area is 98.1 Å². The van der Waals surface area contributed by atoms with E-state index >= 15 is 0 Å². The second kappa shape index (κ2) is 3.97. The van der Waals surface area contributed by atoms with E-state index in [1.807, 2.05) is 0 Å². The molecule has 1 heteroatoms. The van der Waals surface area contributed by atoms with Crippen LogP contribution in [0.2, 0.25) is 0 Å². The number of rotatable bonds is 3. The Morgan fingerprint density at radius 3 is 2.50 bits per heavy atom. The van der Waals surface area contributed by atoms with Crippen LogP contribution in [0.15, 0.2) is 30.3 Å². The molecule has 1 nitrogen and oxygen atoms in total. The molecule has 0 amide bonds. The molecule has 2 rings (SSSR count). The summed E-state index contributed by atoms with van der Waals surface area (Å²) < 4.78 is 2.34. The highest BCUT2D eigenvalue weighted by Gasteiger charge is 2.23. The summed E-state index contributed by atoms with van der Waals surface area (Å²) in [6.07, 6.45) is 2.46. The molecule has 1 heterocycles. The van der Waals surface area contributed by atoms with E-state index in [0.717, 1.165) is 0 Å². The van der Waals surface area contributed by atoms with Gasteiger partial charge in [-0.1, -0.05) is 45.4 Å². The first-order chi connectivity index (χ1) is 7.56. The summed E-state index contributed by atoms with van der Waals surface area (Å²) in [7, 11) is 2.18. The molecule has 2 aromatic rings. The number of aromatic nitrogens is 1. The minimum atomic E-state index is 0.266. The fourth-order valence-electron chi connectivity index (χ4n) is 2.69. The molecule has 0 atom stereocenters. The monoisotopic (exact) mass is 215 g/mol. The van der Waals surface area contributed by atoms with Gasteiger partial charge in [0, 0.05) is 23.7 Å². The smallest absolute Gasteiger partial charge is 0.0480 e. The van der Waals surface area contributed by atoms with Crippen molar-refractivity contribution in [1.29, 1.82) is 0 Å². The normalized spacial score (nSPS) is 12.2. The molecule has 0 aliphatic carbocycles. The Morgan fingerprint density at radius 1 is 1.19 bits per heavy atom. The first kappa shape index (κ1) is 11.3. The number of fused-ring (bicyclic) bond motifs is 1. The molecule has 0 aliphatic heterocycles. The highest BCUT2D eigenvalue weighted by Crippen LogP contribution is 2.32. The first-order valence-electron chi connectivity index (χ1n) is 6.11. The number of nitrogens with zero attached hydrogens (tertiary/aromatic N) is 1. The third kappa shape index (κ3) is 1.75. The molecule has 0 unspecified atom stereocenters. The zero-order chi connectivity index (χ0) is 11.8. The van der Waals surface area contributed by atoms with Gasteiger partial charge in [0.25, 0.3) is 0 Å². The van der Waals surface area contributed by atoms with E-state index in [2.05, 4.69) is 62.7 Å². The lowest BCUT2D eigenvalue weighted by Gasteiger charge is -2.25. The zero-order valence-corrected chi connectivity index (χ0v) is 10.7. The Hall–Kier alpha value is -1.24. The van der Waals surface area contributed by atoms with E-state index in [1.54, 1.807) is 0 Å². The summed E-state index contributed by atoms with van der Waals surface area (Å²) in [5.41, 5.74) is 3.04. The van der Waals surface area contributed by atoms with E-state index in [1.165, 1.54) is 29.4 Å². The van der Waals surface area contributed by atoms with Crippen molar-refractivity contribution in [3.8, 4) is 0 Å². The lowest BCUT2D eigenvalue weighted by Crippen LogP contribution is -2.20. The summed E-state index contributed by atoms with van der Waals surface area (Å²) in [5.74, 6) is 0. The van der Waals surface area contributed by atoms with Crippen LogP contribution >= 0.6 is 0 Å². The fraction of sp³-hybridized carbons (Fsp3) is 0.467. The topological polar surface area (TPSA) is 4.93 Å². The van der Waals surface area contributed by atoms with Crippen molar-refractivity contribution in [1.82, 2.24) is 4.57 Å². The summed E-state index contributed by atoms with van der Waals surface area (Å²) in [5, 5.41) is 1.35. The molecule has 0 saturated heterocycles. The quantitative estimate of drug-likeness (QED) is 0.721. The third-order valence-electron chi connectivity index (χ3n) is 3.52. The molecule has 0 N–H and O–H groups in total. The second-order valence-corrected chi connectivity index (χ2v) is 5.28. The largest absolute Gasteiger partial charge is 0.347 e. The van der Waals surface area contributed by atoms with E-state index < -0.39 is 0 Å². The van der Waals surface area contributed by atoms with Crippen LogP contribution in [-0.2, 0) is 12.5 Å². The van der Waals surface area contributed by atoms with Gasteiger partial charge in [-0.15, -0.1) is 0 Å². The van der Waals surface area contributed by atoms with E-state index in [0.29, 0.717) is 0 Å². The van der Waals surface area contributed by atoms with Crippen molar-refractivity contribution < 1.29 is 0 Å². The maximum atomic E-state index is 2.34. The van der Waals surface area contributed by atoms with Gasteiger partial charge in [-0.2, -0.15) is 0 Å². The highest BCUT2D eigenvalue weighted by atomic mass is 15.0. The van der Waals surface area contributed by atoms with E-state index in [4.69, 9.17) is 0 Å². The average Bonchev–Trinajstić information content (AvgIpc) is 2.58. The number of aryl methyl sites for hydroxylation is 1. The second-order valence-electron chi connectivity index (χ2n) is 5.28. The molecule has 0 spiro atoms. The Bertz CT molecular complexity index is 491. The number of hydrogen-bond acceptors (Lipinski definition) is 0. The minimum absolute atomic E-state index is 0.266. The standard InChI is InChI=1S/C15H21N/c1-5-10-15(2,3)14-11-12-8-6-7-9-13(12)16(14)4/h6-9,11H,5,10H2,1-4H3. The molecule has 0 saturated carbocycles. The molecule has 86 valence electrons. The van der Waals surface area contributed by atoms with Gasteiger partial charge in [-0.05, 0) is 23.9 Å².